The lowest BCUT2D eigenvalue weighted by Crippen LogP contribution is -2.43. The van der Waals surface area contributed by atoms with Crippen molar-refractivity contribution in [2.45, 2.75) is 12.8 Å². The molecule has 4 rings (SSSR count). The third-order valence-electron chi connectivity index (χ3n) is 4.00. The second kappa shape index (κ2) is 5.37. The lowest BCUT2D eigenvalue weighted by molar-refractivity contribution is -0.217. The molecule has 5 heteroatoms. The van der Waals surface area contributed by atoms with Crippen molar-refractivity contribution in [2.75, 3.05) is 0 Å². The van der Waals surface area contributed by atoms with E-state index in [4.69, 9.17) is 4.84 Å². The molecule has 2 aromatic rings. The zero-order chi connectivity index (χ0) is 15.8. The number of benzene rings is 2. The van der Waals surface area contributed by atoms with Gasteiger partial charge in [-0.25, -0.2) is 0 Å². The van der Waals surface area contributed by atoms with Gasteiger partial charge >= 0.3 is 0 Å². The van der Waals surface area contributed by atoms with Crippen LogP contribution in [0.4, 0.5) is 0 Å². The molecule has 23 heavy (non-hydrogen) atoms. The van der Waals surface area contributed by atoms with Crippen LogP contribution in [0.5, 0.6) is 0 Å². The smallest absolute Gasteiger partial charge is 0.273 e. The predicted octanol–water partition coefficient (Wildman–Crippen LogP) is 2.63. The highest BCUT2D eigenvalue weighted by Gasteiger charge is 2.43. The summed E-state index contributed by atoms with van der Waals surface area (Å²) in [6.07, 6.45) is 2.34. The van der Waals surface area contributed by atoms with E-state index in [0.29, 0.717) is 5.56 Å². The Bertz CT molecular complexity index is 801. The van der Waals surface area contributed by atoms with E-state index >= 15 is 0 Å². The Hall–Kier alpha value is -2.92. The molecule has 0 saturated carbocycles. The fourth-order valence-corrected chi connectivity index (χ4v) is 2.90. The number of nitrogens with zero attached hydrogens (tertiary/aromatic N) is 2. The Kier molecular flexibility index (Phi) is 3.20. The second-order valence-corrected chi connectivity index (χ2v) is 5.41. The zero-order valence-electron chi connectivity index (χ0n) is 12.3. The molecule has 0 radical (unpaired) electrons. The highest BCUT2D eigenvalue weighted by Crippen LogP contribution is 2.38. The quantitative estimate of drug-likeness (QED) is 0.876. The molecule has 0 spiro atoms. The van der Waals surface area contributed by atoms with Gasteiger partial charge in [-0.15, -0.1) is 0 Å². The Morgan fingerprint density at radius 2 is 1.70 bits per heavy atom. The van der Waals surface area contributed by atoms with Crippen molar-refractivity contribution in [3.63, 3.8) is 0 Å². The summed E-state index contributed by atoms with van der Waals surface area (Å²) in [5, 5.41) is 1.27. The first-order valence-electron chi connectivity index (χ1n) is 7.35. The van der Waals surface area contributed by atoms with Crippen molar-refractivity contribution in [3.05, 3.63) is 83.6 Å². The van der Waals surface area contributed by atoms with Gasteiger partial charge in [0.2, 0.25) is 0 Å². The number of hydrogen-bond donors (Lipinski definition) is 0. The van der Waals surface area contributed by atoms with Crippen LogP contribution in [0.1, 0.15) is 27.7 Å². The molecule has 2 aromatic carbocycles. The van der Waals surface area contributed by atoms with Crippen molar-refractivity contribution in [2.24, 2.45) is 0 Å². The van der Waals surface area contributed by atoms with Crippen LogP contribution in [-0.2, 0) is 16.2 Å². The van der Waals surface area contributed by atoms with E-state index in [1.165, 1.54) is 22.2 Å². The standard InChI is InChI=1S/C18H14N2O3/c21-16-10-11-19-17(14-8-4-5-9-15(14)18(19)22)20(16)23-12-13-6-2-1-3-7-13/h1-11,17H,12H2/t17-/m1/s1. The molecule has 114 valence electrons. The van der Waals surface area contributed by atoms with Gasteiger partial charge < -0.3 is 0 Å². The van der Waals surface area contributed by atoms with Gasteiger partial charge in [0.1, 0.15) is 6.61 Å². The van der Waals surface area contributed by atoms with E-state index in [1.54, 1.807) is 6.07 Å². The van der Waals surface area contributed by atoms with Crippen LogP contribution in [0.25, 0.3) is 0 Å². The van der Waals surface area contributed by atoms with Crippen molar-refractivity contribution >= 4 is 11.8 Å². The molecule has 0 fully saturated rings. The molecular formula is C18H14N2O3. The first-order chi connectivity index (χ1) is 11.3. The van der Waals surface area contributed by atoms with Crippen molar-refractivity contribution in [3.8, 4) is 0 Å². The van der Waals surface area contributed by atoms with Gasteiger partial charge in [0, 0.05) is 23.4 Å². The molecular weight excluding hydrogens is 292 g/mol. The fourth-order valence-electron chi connectivity index (χ4n) is 2.90. The second-order valence-electron chi connectivity index (χ2n) is 5.41. The van der Waals surface area contributed by atoms with Gasteiger partial charge in [-0.2, -0.15) is 5.06 Å². The first-order valence-corrected chi connectivity index (χ1v) is 7.35. The van der Waals surface area contributed by atoms with Gasteiger partial charge in [0.25, 0.3) is 11.8 Å². The van der Waals surface area contributed by atoms with Crippen LogP contribution in [-0.4, -0.2) is 21.8 Å². The largest absolute Gasteiger partial charge is 0.287 e. The number of rotatable bonds is 3. The minimum atomic E-state index is -0.542. The van der Waals surface area contributed by atoms with Crippen LogP contribution in [0.2, 0.25) is 0 Å². The summed E-state index contributed by atoms with van der Waals surface area (Å²) in [4.78, 5) is 32.0. The van der Waals surface area contributed by atoms with Gasteiger partial charge in [0.15, 0.2) is 6.17 Å². The monoisotopic (exact) mass is 306 g/mol. The van der Waals surface area contributed by atoms with Crippen molar-refractivity contribution < 1.29 is 14.4 Å². The lowest BCUT2D eigenvalue weighted by atomic mass is 10.1. The minimum Gasteiger partial charge on any atom is -0.287 e. The van der Waals surface area contributed by atoms with Crippen molar-refractivity contribution in [1.29, 1.82) is 0 Å². The molecule has 2 aliphatic heterocycles. The number of carbonyl (C=O) groups is 2. The molecule has 1 atom stereocenters. The molecule has 2 aliphatic rings. The van der Waals surface area contributed by atoms with Crippen LogP contribution in [0.3, 0.4) is 0 Å². The van der Waals surface area contributed by atoms with E-state index < -0.39 is 6.17 Å². The highest BCUT2D eigenvalue weighted by molar-refractivity contribution is 6.02. The lowest BCUT2D eigenvalue weighted by Gasteiger charge is -2.34. The Labute approximate surface area is 133 Å². The van der Waals surface area contributed by atoms with E-state index in [-0.39, 0.29) is 18.4 Å². The molecule has 5 nitrogen and oxygen atoms in total. The van der Waals surface area contributed by atoms with Crippen LogP contribution in [0.15, 0.2) is 66.9 Å². The summed E-state index contributed by atoms with van der Waals surface area (Å²) >= 11 is 0. The van der Waals surface area contributed by atoms with Gasteiger partial charge in [-0.1, -0.05) is 48.5 Å². The summed E-state index contributed by atoms with van der Waals surface area (Å²) in [5.41, 5.74) is 2.34. The summed E-state index contributed by atoms with van der Waals surface area (Å²) in [5.74, 6) is -0.394. The predicted molar refractivity (Wildman–Crippen MR) is 82.6 cm³/mol. The van der Waals surface area contributed by atoms with E-state index in [1.807, 2.05) is 48.5 Å². The highest BCUT2D eigenvalue weighted by atomic mass is 16.7. The number of amides is 2. The molecule has 2 heterocycles. The number of carbonyl (C=O) groups excluding carboxylic acids is 2. The van der Waals surface area contributed by atoms with Crippen LogP contribution < -0.4 is 0 Å². The van der Waals surface area contributed by atoms with E-state index in [0.717, 1.165) is 11.1 Å². The van der Waals surface area contributed by atoms with Gasteiger partial charge in [-0.3, -0.25) is 19.3 Å². The molecule has 0 N–H and O–H groups in total. The first kappa shape index (κ1) is 13.7. The molecule has 0 aromatic heterocycles. The summed E-state index contributed by atoms with van der Waals surface area (Å²) in [6, 6.07) is 16.9. The molecule has 2 amide bonds. The maximum Gasteiger partial charge on any atom is 0.273 e. The normalized spacial score (nSPS) is 19.0. The molecule has 0 aliphatic carbocycles. The number of hydrogen-bond acceptors (Lipinski definition) is 3. The molecule has 0 bridgehead atoms. The van der Waals surface area contributed by atoms with Crippen LogP contribution >= 0.6 is 0 Å². The minimum absolute atomic E-state index is 0.123. The summed E-state index contributed by atoms with van der Waals surface area (Å²) < 4.78 is 0. The molecule has 0 saturated heterocycles. The molecule has 0 unspecified atom stereocenters. The average molecular weight is 306 g/mol. The maximum absolute atomic E-state index is 12.4. The third-order valence-corrected chi connectivity index (χ3v) is 4.00. The SMILES string of the molecule is O=C1c2ccccc2[C@@H]2N1C=CC(=O)N2OCc1ccccc1. The number of hydroxylamine groups is 2. The Balaban J connectivity index is 1.65. The average Bonchev–Trinajstić information content (AvgIpc) is 2.88. The third kappa shape index (κ3) is 2.22. The number of fused-ring (bicyclic) bond motifs is 3. The summed E-state index contributed by atoms with van der Waals surface area (Å²) in [7, 11) is 0. The Morgan fingerprint density at radius 1 is 0.957 bits per heavy atom. The van der Waals surface area contributed by atoms with E-state index in [2.05, 4.69) is 0 Å². The van der Waals surface area contributed by atoms with Gasteiger partial charge in [0.05, 0.1) is 0 Å². The fraction of sp³-hybridized carbons (Fsp3) is 0.111. The van der Waals surface area contributed by atoms with Gasteiger partial charge in [-0.05, 0) is 11.6 Å². The Morgan fingerprint density at radius 3 is 2.52 bits per heavy atom. The van der Waals surface area contributed by atoms with Crippen molar-refractivity contribution in [1.82, 2.24) is 9.96 Å². The zero-order valence-corrected chi connectivity index (χ0v) is 12.3. The topological polar surface area (TPSA) is 49.9 Å². The van der Waals surface area contributed by atoms with Crippen LogP contribution in [0, 0.1) is 0 Å². The maximum atomic E-state index is 12.4. The summed E-state index contributed by atoms with van der Waals surface area (Å²) in [6.45, 7) is 0.265. The van der Waals surface area contributed by atoms with E-state index in [9.17, 15) is 9.59 Å².